The van der Waals surface area contributed by atoms with E-state index in [0.29, 0.717) is 10.0 Å². The van der Waals surface area contributed by atoms with Gasteiger partial charge in [0.05, 0.1) is 5.38 Å². The number of aryl methyl sites for hydroxylation is 1. The molecule has 0 spiro atoms. The largest absolute Gasteiger partial charge is 0.112 e. The van der Waals surface area contributed by atoms with Gasteiger partial charge in [0.2, 0.25) is 0 Å². The molecule has 4 heteroatoms. The van der Waals surface area contributed by atoms with Crippen LogP contribution < -0.4 is 0 Å². The fourth-order valence-corrected chi connectivity index (χ4v) is 3.54. The molecule has 0 radical (unpaired) electrons. The first kappa shape index (κ1) is 14.4. The molecule has 1 unspecified atom stereocenters. The van der Waals surface area contributed by atoms with Gasteiger partial charge in [0.25, 0.3) is 0 Å². The van der Waals surface area contributed by atoms with E-state index < -0.39 is 0 Å². The van der Waals surface area contributed by atoms with Crippen LogP contribution in [0.25, 0.3) is 0 Å². The molecule has 94 valence electrons. The van der Waals surface area contributed by atoms with Crippen molar-refractivity contribution in [3.05, 3.63) is 66.7 Å². The van der Waals surface area contributed by atoms with Crippen molar-refractivity contribution in [2.45, 2.75) is 12.3 Å². The summed E-state index contributed by atoms with van der Waals surface area (Å²) in [6.45, 7) is 2.07. The molecule has 0 nitrogen and oxygen atoms in total. The number of rotatable bonds is 2. The minimum absolute atomic E-state index is 0.262. The van der Waals surface area contributed by atoms with E-state index in [9.17, 15) is 0 Å². The SMILES string of the molecule is Cc1cccc(C(Cl)c2ccc(Cl)cc2Cl)c1I. The minimum atomic E-state index is -0.262. The van der Waals surface area contributed by atoms with Crippen LogP contribution in [0.2, 0.25) is 10.0 Å². The highest BCUT2D eigenvalue weighted by molar-refractivity contribution is 14.1. The molecule has 2 rings (SSSR count). The lowest BCUT2D eigenvalue weighted by Crippen LogP contribution is -1.98. The summed E-state index contributed by atoms with van der Waals surface area (Å²) in [5, 5.41) is 0.952. The van der Waals surface area contributed by atoms with Crippen LogP contribution in [-0.4, -0.2) is 0 Å². The summed E-state index contributed by atoms with van der Waals surface area (Å²) in [5.74, 6) is 0. The van der Waals surface area contributed by atoms with Crippen molar-refractivity contribution in [1.29, 1.82) is 0 Å². The summed E-state index contributed by atoms with van der Waals surface area (Å²) < 4.78 is 1.17. The van der Waals surface area contributed by atoms with Gasteiger partial charge in [0, 0.05) is 13.6 Å². The molecule has 2 aromatic rings. The minimum Gasteiger partial charge on any atom is -0.112 e. The van der Waals surface area contributed by atoms with Gasteiger partial charge in [-0.2, -0.15) is 0 Å². The third kappa shape index (κ3) is 2.96. The van der Waals surface area contributed by atoms with Gasteiger partial charge in [-0.3, -0.25) is 0 Å². The Morgan fingerprint density at radius 1 is 1.06 bits per heavy atom. The quantitative estimate of drug-likeness (QED) is 0.406. The van der Waals surface area contributed by atoms with Gasteiger partial charge < -0.3 is 0 Å². The molecule has 18 heavy (non-hydrogen) atoms. The molecule has 2 aromatic carbocycles. The van der Waals surface area contributed by atoms with Crippen molar-refractivity contribution in [3.8, 4) is 0 Å². The van der Waals surface area contributed by atoms with E-state index in [1.54, 1.807) is 12.1 Å². The maximum absolute atomic E-state index is 6.53. The van der Waals surface area contributed by atoms with Gasteiger partial charge in [-0.1, -0.05) is 47.5 Å². The third-order valence-electron chi connectivity index (χ3n) is 2.73. The smallest absolute Gasteiger partial charge is 0.0860 e. The van der Waals surface area contributed by atoms with Crippen LogP contribution in [0.15, 0.2) is 36.4 Å². The fraction of sp³-hybridized carbons (Fsp3) is 0.143. The second kappa shape index (κ2) is 6.00. The molecular weight excluding hydrogens is 401 g/mol. The summed E-state index contributed by atoms with van der Waals surface area (Å²) in [5.41, 5.74) is 3.16. The van der Waals surface area contributed by atoms with Crippen LogP contribution in [0.5, 0.6) is 0 Å². The zero-order valence-corrected chi connectivity index (χ0v) is 14.0. The Balaban J connectivity index is 2.48. The molecular formula is C14H10Cl3I. The maximum atomic E-state index is 6.53. The topological polar surface area (TPSA) is 0 Å². The zero-order valence-electron chi connectivity index (χ0n) is 9.55. The lowest BCUT2D eigenvalue weighted by molar-refractivity contribution is 1.12. The molecule has 1 atom stereocenters. The molecule has 0 N–H and O–H groups in total. The number of hydrogen-bond acceptors (Lipinski definition) is 0. The van der Waals surface area contributed by atoms with Crippen molar-refractivity contribution < 1.29 is 0 Å². The average Bonchev–Trinajstić information content (AvgIpc) is 2.32. The van der Waals surface area contributed by atoms with Gasteiger partial charge in [-0.25, -0.2) is 0 Å². The highest BCUT2D eigenvalue weighted by Crippen LogP contribution is 2.37. The van der Waals surface area contributed by atoms with E-state index in [1.165, 1.54) is 9.13 Å². The summed E-state index contributed by atoms with van der Waals surface area (Å²) in [6.07, 6.45) is 0. The second-order valence-corrected chi connectivity index (χ2v) is 6.37. The number of halogens is 4. The van der Waals surface area contributed by atoms with E-state index in [-0.39, 0.29) is 5.38 Å². The van der Waals surface area contributed by atoms with Gasteiger partial charge in [-0.05, 0) is 58.3 Å². The Kier molecular flexibility index (Phi) is 4.81. The van der Waals surface area contributed by atoms with Gasteiger partial charge in [0.15, 0.2) is 0 Å². The third-order valence-corrected chi connectivity index (χ3v) is 5.24. The lowest BCUT2D eigenvalue weighted by Gasteiger charge is -2.15. The van der Waals surface area contributed by atoms with Crippen LogP contribution >= 0.6 is 57.4 Å². The molecule has 0 bridgehead atoms. The molecule has 0 aliphatic rings. The lowest BCUT2D eigenvalue weighted by atomic mass is 10.0. The molecule has 0 heterocycles. The highest BCUT2D eigenvalue weighted by atomic mass is 127. The maximum Gasteiger partial charge on any atom is 0.0860 e. The molecule has 0 amide bonds. The first-order chi connectivity index (χ1) is 8.50. The summed E-state index contributed by atoms with van der Waals surface area (Å²) >= 11 is 20.9. The Labute approximate surface area is 135 Å². The second-order valence-electron chi connectivity index (χ2n) is 4.01. The Hall–Kier alpha value is 0.0400. The van der Waals surface area contributed by atoms with Gasteiger partial charge in [0.1, 0.15) is 0 Å². The Morgan fingerprint density at radius 2 is 1.78 bits per heavy atom. The zero-order chi connectivity index (χ0) is 13.3. The molecule has 0 saturated carbocycles. The molecule has 0 aliphatic heterocycles. The Bertz CT molecular complexity index is 581. The fourth-order valence-electron chi connectivity index (χ4n) is 1.74. The average molecular weight is 411 g/mol. The molecule has 0 aromatic heterocycles. The first-order valence-corrected chi connectivity index (χ1v) is 7.62. The Morgan fingerprint density at radius 3 is 2.44 bits per heavy atom. The van der Waals surface area contributed by atoms with E-state index in [0.717, 1.165) is 11.1 Å². The van der Waals surface area contributed by atoms with Crippen LogP contribution in [0.1, 0.15) is 22.1 Å². The number of benzene rings is 2. The number of alkyl halides is 1. The van der Waals surface area contributed by atoms with Crippen molar-refractivity contribution >= 4 is 57.4 Å². The molecule has 0 saturated heterocycles. The monoisotopic (exact) mass is 410 g/mol. The summed E-state index contributed by atoms with van der Waals surface area (Å²) in [6, 6.07) is 11.5. The van der Waals surface area contributed by atoms with Gasteiger partial charge in [-0.15, -0.1) is 11.6 Å². The number of hydrogen-bond donors (Lipinski definition) is 0. The van der Waals surface area contributed by atoms with Crippen molar-refractivity contribution in [1.82, 2.24) is 0 Å². The van der Waals surface area contributed by atoms with Crippen LogP contribution in [0, 0.1) is 10.5 Å². The van der Waals surface area contributed by atoms with Crippen LogP contribution in [-0.2, 0) is 0 Å². The standard InChI is InChI=1S/C14H10Cl3I/c1-8-3-2-4-11(14(8)18)13(17)10-6-5-9(15)7-12(10)16/h2-7,13H,1H3. The summed E-state index contributed by atoms with van der Waals surface area (Å²) in [4.78, 5) is 0. The van der Waals surface area contributed by atoms with E-state index >= 15 is 0 Å². The van der Waals surface area contributed by atoms with E-state index in [1.807, 2.05) is 18.2 Å². The van der Waals surface area contributed by atoms with E-state index in [4.69, 9.17) is 34.8 Å². The highest BCUT2D eigenvalue weighted by Gasteiger charge is 2.17. The molecule has 0 fully saturated rings. The van der Waals surface area contributed by atoms with Crippen LogP contribution in [0.3, 0.4) is 0 Å². The van der Waals surface area contributed by atoms with Crippen molar-refractivity contribution in [2.75, 3.05) is 0 Å². The first-order valence-electron chi connectivity index (χ1n) is 5.34. The molecule has 0 aliphatic carbocycles. The predicted molar refractivity (Wildman–Crippen MR) is 88.1 cm³/mol. The summed E-state index contributed by atoms with van der Waals surface area (Å²) in [7, 11) is 0. The predicted octanol–water partition coefficient (Wildman–Crippen LogP) is 6.23. The van der Waals surface area contributed by atoms with Crippen LogP contribution in [0.4, 0.5) is 0 Å². The van der Waals surface area contributed by atoms with Crippen molar-refractivity contribution in [2.24, 2.45) is 0 Å². The van der Waals surface area contributed by atoms with Crippen molar-refractivity contribution in [3.63, 3.8) is 0 Å². The van der Waals surface area contributed by atoms with Gasteiger partial charge >= 0.3 is 0 Å². The van der Waals surface area contributed by atoms with E-state index in [2.05, 4.69) is 35.6 Å². The normalized spacial score (nSPS) is 12.5.